The van der Waals surface area contributed by atoms with Crippen LogP contribution in [0.15, 0.2) is 54.7 Å². The number of hydrogen-bond donors (Lipinski definition) is 1. The summed E-state index contributed by atoms with van der Waals surface area (Å²) in [7, 11) is 1.74. The molecule has 0 radical (unpaired) electrons. The highest BCUT2D eigenvalue weighted by Gasteiger charge is 2.30. The van der Waals surface area contributed by atoms with Crippen molar-refractivity contribution in [3.8, 4) is 6.07 Å². The number of aryl methyl sites for hydroxylation is 1. The Bertz CT molecular complexity index is 954. The molecule has 3 rings (SSSR count). The van der Waals surface area contributed by atoms with E-state index >= 15 is 0 Å². The summed E-state index contributed by atoms with van der Waals surface area (Å²) in [6, 6.07) is 16.0. The van der Waals surface area contributed by atoms with E-state index < -0.39 is 17.6 Å². The van der Waals surface area contributed by atoms with E-state index in [4.69, 9.17) is 0 Å². The highest BCUT2D eigenvalue weighted by Crippen LogP contribution is 2.21. The van der Waals surface area contributed by atoms with Crippen LogP contribution in [-0.4, -0.2) is 21.2 Å². The number of carbonyl (C=O) groups is 2. The van der Waals surface area contributed by atoms with Gasteiger partial charge in [-0.05, 0) is 24.3 Å². The molecule has 0 bridgehead atoms. The summed E-state index contributed by atoms with van der Waals surface area (Å²) in [5, 5.41) is 12.7. The van der Waals surface area contributed by atoms with Gasteiger partial charge in [0.05, 0.1) is 11.8 Å². The Morgan fingerprint density at radius 1 is 1.21 bits per heavy atom. The minimum Gasteiger partial charge on any atom is -0.341 e. The standard InChI is InChI=1S/C18H14N4O2/c1-22-14-7-3-2-6-12(14)10-15(22)17(23)13(11-19)18(24)21-16-8-4-5-9-20-16/h2-10,13H,1H3,(H,20,21,24). The first-order valence-electron chi connectivity index (χ1n) is 7.32. The molecule has 1 atom stereocenters. The van der Waals surface area contributed by atoms with E-state index in [1.165, 1.54) is 6.20 Å². The van der Waals surface area contributed by atoms with Crippen LogP contribution in [0.3, 0.4) is 0 Å². The van der Waals surface area contributed by atoms with Crippen LogP contribution in [0.1, 0.15) is 10.5 Å². The molecule has 24 heavy (non-hydrogen) atoms. The van der Waals surface area contributed by atoms with Crippen LogP contribution < -0.4 is 5.32 Å². The fourth-order valence-electron chi connectivity index (χ4n) is 2.54. The molecule has 0 aliphatic heterocycles. The smallest absolute Gasteiger partial charge is 0.250 e. The Morgan fingerprint density at radius 2 is 1.96 bits per heavy atom. The summed E-state index contributed by atoms with van der Waals surface area (Å²) < 4.78 is 1.69. The fraction of sp³-hybridized carbons (Fsp3) is 0.111. The minimum absolute atomic E-state index is 0.299. The number of aromatic nitrogens is 2. The third-order valence-corrected chi connectivity index (χ3v) is 3.77. The SMILES string of the molecule is Cn1c(C(=O)C(C#N)C(=O)Nc2ccccn2)cc2ccccc21. The lowest BCUT2D eigenvalue weighted by Gasteiger charge is -2.09. The Kier molecular flexibility index (Phi) is 4.08. The van der Waals surface area contributed by atoms with Crippen molar-refractivity contribution in [3.05, 3.63) is 60.4 Å². The number of nitriles is 1. The predicted octanol–water partition coefficient (Wildman–Crippen LogP) is 2.53. The van der Waals surface area contributed by atoms with Crippen molar-refractivity contribution < 1.29 is 9.59 Å². The van der Waals surface area contributed by atoms with Gasteiger partial charge >= 0.3 is 0 Å². The lowest BCUT2D eigenvalue weighted by Crippen LogP contribution is -2.30. The number of rotatable bonds is 4. The Labute approximate surface area is 138 Å². The molecule has 0 fully saturated rings. The van der Waals surface area contributed by atoms with Gasteiger partial charge in [0, 0.05) is 24.1 Å². The van der Waals surface area contributed by atoms with Crippen LogP contribution in [0.5, 0.6) is 0 Å². The Morgan fingerprint density at radius 3 is 2.62 bits per heavy atom. The lowest BCUT2D eigenvalue weighted by molar-refractivity contribution is -0.117. The van der Waals surface area contributed by atoms with Gasteiger partial charge in [-0.25, -0.2) is 4.98 Å². The number of nitrogens with zero attached hydrogens (tertiary/aromatic N) is 3. The molecule has 6 heteroatoms. The van der Waals surface area contributed by atoms with Gasteiger partial charge in [0.2, 0.25) is 5.78 Å². The number of fused-ring (bicyclic) bond motifs is 1. The van der Waals surface area contributed by atoms with E-state index in [1.807, 2.05) is 24.3 Å². The van der Waals surface area contributed by atoms with Gasteiger partial charge in [0.1, 0.15) is 5.82 Å². The average Bonchev–Trinajstić information content (AvgIpc) is 2.93. The topological polar surface area (TPSA) is 87.8 Å². The van der Waals surface area contributed by atoms with Gasteiger partial charge in [-0.1, -0.05) is 24.3 Å². The van der Waals surface area contributed by atoms with Crippen molar-refractivity contribution >= 4 is 28.4 Å². The van der Waals surface area contributed by atoms with Gasteiger partial charge in [-0.2, -0.15) is 5.26 Å². The summed E-state index contributed by atoms with van der Waals surface area (Å²) in [6.07, 6.45) is 1.52. The maximum Gasteiger partial charge on any atom is 0.250 e. The van der Waals surface area contributed by atoms with Crippen LogP contribution in [0.25, 0.3) is 10.9 Å². The Hall–Kier alpha value is -3.46. The van der Waals surface area contributed by atoms with Gasteiger partial charge < -0.3 is 9.88 Å². The zero-order valence-electron chi connectivity index (χ0n) is 12.9. The van der Waals surface area contributed by atoms with Crippen LogP contribution in [0.2, 0.25) is 0 Å². The number of pyridine rings is 1. The third kappa shape index (κ3) is 2.75. The molecular formula is C18H14N4O2. The molecule has 3 aromatic rings. The summed E-state index contributed by atoms with van der Waals surface area (Å²) in [6.45, 7) is 0. The molecule has 0 aliphatic carbocycles. The number of para-hydroxylation sites is 1. The molecule has 1 aromatic carbocycles. The first kappa shape index (κ1) is 15.4. The monoisotopic (exact) mass is 318 g/mol. The summed E-state index contributed by atoms with van der Waals surface area (Å²) >= 11 is 0. The molecule has 0 spiro atoms. The lowest BCUT2D eigenvalue weighted by atomic mass is 10.0. The van der Waals surface area contributed by atoms with Crippen LogP contribution in [0.4, 0.5) is 5.82 Å². The van der Waals surface area contributed by atoms with Crippen LogP contribution >= 0.6 is 0 Å². The predicted molar refractivity (Wildman–Crippen MR) is 89.2 cm³/mol. The number of Topliss-reactive ketones (excluding diaryl/α,β-unsaturated/α-hetero) is 1. The third-order valence-electron chi connectivity index (χ3n) is 3.77. The van der Waals surface area contributed by atoms with Crippen LogP contribution in [-0.2, 0) is 11.8 Å². The molecule has 0 saturated carbocycles. The number of hydrogen-bond acceptors (Lipinski definition) is 4. The number of anilines is 1. The van der Waals surface area contributed by atoms with Gasteiger partial charge in [0.25, 0.3) is 5.91 Å². The highest BCUT2D eigenvalue weighted by molar-refractivity contribution is 6.16. The van der Waals surface area contributed by atoms with Crippen molar-refractivity contribution in [2.75, 3.05) is 5.32 Å². The second-order valence-electron chi connectivity index (χ2n) is 5.28. The summed E-state index contributed by atoms with van der Waals surface area (Å²) in [4.78, 5) is 28.9. The van der Waals surface area contributed by atoms with E-state index in [0.29, 0.717) is 11.5 Å². The first-order chi connectivity index (χ1) is 11.6. The molecule has 2 aromatic heterocycles. The fourth-order valence-corrected chi connectivity index (χ4v) is 2.54. The second-order valence-corrected chi connectivity index (χ2v) is 5.28. The van der Waals surface area contributed by atoms with Crippen molar-refractivity contribution in [3.63, 3.8) is 0 Å². The molecule has 2 heterocycles. The maximum absolute atomic E-state index is 12.7. The number of carbonyl (C=O) groups excluding carboxylic acids is 2. The molecular weight excluding hydrogens is 304 g/mol. The normalized spacial score (nSPS) is 11.7. The minimum atomic E-state index is -1.44. The van der Waals surface area contributed by atoms with Gasteiger partial charge in [-0.3, -0.25) is 9.59 Å². The van der Waals surface area contributed by atoms with Crippen molar-refractivity contribution in [1.29, 1.82) is 5.26 Å². The van der Waals surface area contributed by atoms with E-state index in [1.54, 1.807) is 41.9 Å². The largest absolute Gasteiger partial charge is 0.341 e. The summed E-state index contributed by atoms with van der Waals surface area (Å²) in [5.41, 5.74) is 1.18. The molecule has 1 unspecified atom stereocenters. The molecule has 0 aliphatic rings. The van der Waals surface area contributed by atoms with E-state index in [9.17, 15) is 14.9 Å². The highest BCUT2D eigenvalue weighted by atomic mass is 16.2. The second kappa shape index (κ2) is 6.34. The molecule has 6 nitrogen and oxygen atoms in total. The Balaban J connectivity index is 1.90. The van der Waals surface area contributed by atoms with Gasteiger partial charge in [0.15, 0.2) is 5.92 Å². The number of benzene rings is 1. The first-order valence-corrected chi connectivity index (χ1v) is 7.32. The number of amides is 1. The van der Waals surface area contributed by atoms with Crippen LogP contribution in [0, 0.1) is 17.2 Å². The van der Waals surface area contributed by atoms with Crippen molar-refractivity contribution in [2.45, 2.75) is 0 Å². The summed E-state index contributed by atoms with van der Waals surface area (Å²) in [5.74, 6) is -2.36. The van der Waals surface area contributed by atoms with E-state index in [0.717, 1.165) is 10.9 Å². The van der Waals surface area contributed by atoms with Crippen molar-refractivity contribution in [1.82, 2.24) is 9.55 Å². The molecule has 1 N–H and O–H groups in total. The number of ketones is 1. The molecule has 1 amide bonds. The zero-order valence-corrected chi connectivity index (χ0v) is 12.9. The number of nitrogens with one attached hydrogen (secondary N) is 1. The van der Waals surface area contributed by atoms with Crippen molar-refractivity contribution in [2.24, 2.45) is 13.0 Å². The van der Waals surface area contributed by atoms with Gasteiger partial charge in [-0.15, -0.1) is 0 Å². The molecule has 0 saturated heterocycles. The van der Waals surface area contributed by atoms with E-state index in [2.05, 4.69) is 10.3 Å². The quantitative estimate of drug-likeness (QED) is 0.591. The average molecular weight is 318 g/mol. The maximum atomic E-state index is 12.7. The zero-order chi connectivity index (χ0) is 17.1. The molecule has 118 valence electrons. The van der Waals surface area contributed by atoms with E-state index in [-0.39, 0.29) is 0 Å².